The lowest BCUT2D eigenvalue weighted by atomic mass is 10.1. The molecular formula is C20H22N2O6S. The Labute approximate surface area is 167 Å². The first-order chi connectivity index (χ1) is 13.7. The van der Waals surface area contributed by atoms with E-state index in [1.54, 1.807) is 26.8 Å². The van der Waals surface area contributed by atoms with Gasteiger partial charge in [0.15, 0.2) is 0 Å². The highest BCUT2D eigenvalue weighted by atomic mass is 32.2. The van der Waals surface area contributed by atoms with Crippen LogP contribution >= 0.6 is 0 Å². The second-order valence-corrected chi connectivity index (χ2v) is 8.54. The highest BCUT2D eigenvalue weighted by molar-refractivity contribution is 7.89. The van der Waals surface area contributed by atoms with Crippen molar-refractivity contribution in [2.45, 2.75) is 32.2 Å². The summed E-state index contributed by atoms with van der Waals surface area (Å²) in [5.41, 5.74) is 0.0968. The van der Waals surface area contributed by atoms with E-state index < -0.39 is 21.2 Å². The van der Waals surface area contributed by atoms with Crippen LogP contribution in [0.1, 0.15) is 25.0 Å². The van der Waals surface area contributed by atoms with Gasteiger partial charge in [-0.05, 0) is 30.7 Å². The Morgan fingerprint density at radius 3 is 2.45 bits per heavy atom. The zero-order valence-electron chi connectivity index (χ0n) is 16.4. The molecule has 0 saturated heterocycles. The van der Waals surface area contributed by atoms with Gasteiger partial charge in [-0.15, -0.1) is 0 Å². The van der Waals surface area contributed by atoms with Crippen LogP contribution in [-0.2, 0) is 16.6 Å². The molecule has 0 fully saturated rings. The first-order valence-electron chi connectivity index (χ1n) is 9.15. The molecule has 2 heterocycles. The number of fused-ring (bicyclic) bond motifs is 1. The number of rotatable bonds is 6. The predicted octanol–water partition coefficient (Wildman–Crippen LogP) is 2.05. The molecule has 0 aliphatic heterocycles. The van der Waals surface area contributed by atoms with Crippen molar-refractivity contribution >= 4 is 21.0 Å². The standard InChI is InChI=1S/C20H22N2O6S/c1-4-22(5-2)29(26,27)15-6-9-18(24)21(12-15)11-14-10-19(25)28-20-13(3)17(23)8-7-16(14)20/h6-10,12,23H,4-5,11H2,1-3H3. The van der Waals surface area contributed by atoms with Gasteiger partial charge in [-0.1, -0.05) is 13.8 Å². The molecule has 0 bridgehead atoms. The molecular weight excluding hydrogens is 396 g/mol. The predicted molar refractivity (Wildman–Crippen MR) is 109 cm³/mol. The Morgan fingerprint density at radius 2 is 1.79 bits per heavy atom. The van der Waals surface area contributed by atoms with E-state index in [0.717, 1.165) is 0 Å². The topological polar surface area (TPSA) is 110 Å². The van der Waals surface area contributed by atoms with Gasteiger partial charge in [-0.2, -0.15) is 4.31 Å². The molecule has 3 aromatic rings. The minimum absolute atomic E-state index is 0.00176. The van der Waals surface area contributed by atoms with Crippen molar-refractivity contribution in [3.63, 3.8) is 0 Å². The molecule has 0 radical (unpaired) electrons. The summed E-state index contributed by atoms with van der Waals surface area (Å²) in [6, 6.07) is 6.81. The second-order valence-electron chi connectivity index (χ2n) is 6.60. The van der Waals surface area contributed by atoms with Gasteiger partial charge in [0.2, 0.25) is 10.0 Å². The number of benzene rings is 1. The Balaban J connectivity index is 2.14. The van der Waals surface area contributed by atoms with Crippen molar-refractivity contribution in [3.8, 4) is 5.75 Å². The molecule has 8 nitrogen and oxygen atoms in total. The third-order valence-electron chi connectivity index (χ3n) is 4.86. The zero-order valence-corrected chi connectivity index (χ0v) is 17.2. The summed E-state index contributed by atoms with van der Waals surface area (Å²) in [5.74, 6) is -0.0118. The van der Waals surface area contributed by atoms with Crippen LogP contribution in [0.5, 0.6) is 5.75 Å². The van der Waals surface area contributed by atoms with Gasteiger partial charge in [0, 0.05) is 42.4 Å². The van der Waals surface area contributed by atoms with E-state index in [-0.39, 0.29) is 22.8 Å². The lowest BCUT2D eigenvalue weighted by Crippen LogP contribution is -2.32. The monoisotopic (exact) mass is 418 g/mol. The largest absolute Gasteiger partial charge is 0.508 e. The number of nitrogens with zero attached hydrogens (tertiary/aromatic N) is 2. The summed E-state index contributed by atoms with van der Waals surface area (Å²) < 4.78 is 33.3. The fourth-order valence-corrected chi connectivity index (χ4v) is 4.71. The quantitative estimate of drug-likeness (QED) is 0.614. The van der Waals surface area contributed by atoms with Crippen LogP contribution in [0.4, 0.5) is 0 Å². The van der Waals surface area contributed by atoms with Gasteiger partial charge in [0.1, 0.15) is 11.3 Å². The summed E-state index contributed by atoms with van der Waals surface area (Å²) in [6.45, 7) is 5.70. The molecule has 0 aliphatic rings. The highest BCUT2D eigenvalue weighted by Crippen LogP contribution is 2.27. The van der Waals surface area contributed by atoms with Crippen LogP contribution in [-0.4, -0.2) is 35.5 Å². The first kappa shape index (κ1) is 20.8. The summed E-state index contributed by atoms with van der Waals surface area (Å²) in [7, 11) is -3.74. The molecule has 2 aromatic heterocycles. The van der Waals surface area contributed by atoms with Crippen molar-refractivity contribution in [2.75, 3.05) is 13.1 Å². The highest BCUT2D eigenvalue weighted by Gasteiger charge is 2.22. The van der Waals surface area contributed by atoms with Crippen molar-refractivity contribution in [3.05, 3.63) is 68.4 Å². The molecule has 154 valence electrons. The number of sulfonamides is 1. The zero-order chi connectivity index (χ0) is 21.3. The molecule has 0 spiro atoms. The average molecular weight is 418 g/mol. The number of phenols is 1. The van der Waals surface area contributed by atoms with Gasteiger partial charge in [0.05, 0.1) is 11.4 Å². The van der Waals surface area contributed by atoms with Crippen LogP contribution in [0.2, 0.25) is 0 Å². The second kappa shape index (κ2) is 7.84. The number of phenolic OH excluding ortho intramolecular Hbond substituents is 1. The fraction of sp³-hybridized carbons (Fsp3) is 0.300. The number of pyridine rings is 1. The summed E-state index contributed by atoms with van der Waals surface area (Å²) in [5, 5.41) is 10.4. The SMILES string of the molecule is CCN(CC)S(=O)(=O)c1ccc(=O)n(Cc2cc(=O)oc3c(C)c(O)ccc23)c1. The molecule has 29 heavy (non-hydrogen) atoms. The van der Waals surface area contributed by atoms with Crippen LogP contribution in [0.3, 0.4) is 0 Å². The lowest BCUT2D eigenvalue weighted by molar-refractivity contribution is 0.444. The van der Waals surface area contributed by atoms with Gasteiger partial charge in [-0.25, -0.2) is 13.2 Å². The number of aromatic nitrogens is 1. The molecule has 0 saturated carbocycles. The van der Waals surface area contributed by atoms with E-state index >= 15 is 0 Å². The maximum absolute atomic E-state index is 12.8. The van der Waals surface area contributed by atoms with Crippen molar-refractivity contribution in [1.29, 1.82) is 0 Å². The summed E-state index contributed by atoms with van der Waals surface area (Å²) in [4.78, 5) is 24.4. The van der Waals surface area contributed by atoms with E-state index in [0.29, 0.717) is 29.6 Å². The summed E-state index contributed by atoms with van der Waals surface area (Å²) in [6.07, 6.45) is 1.28. The summed E-state index contributed by atoms with van der Waals surface area (Å²) >= 11 is 0. The Bertz CT molecular complexity index is 1290. The normalized spacial score (nSPS) is 12.0. The third-order valence-corrected chi connectivity index (χ3v) is 6.89. The van der Waals surface area contributed by atoms with E-state index in [9.17, 15) is 23.1 Å². The van der Waals surface area contributed by atoms with E-state index in [2.05, 4.69) is 0 Å². The maximum Gasteiger partial charge on any atom is 0.336 e. The fourth-order valence-electron chi connectivity index (χ4n) is 3.23. The molecule has 0 amide bonds. The molecule has 0 aliphatic carbocycles. The van der Waals surface area contributed by atoms with Gasteiger partial charge in [0.25, 0.3) is 5.56 Å². The van der Waals surface area contributed by atoms with Crippen molar-refractivity contribution in [1.82, 2.24) is 8.87 Å². The Kier molecular flexibility index (Phi) is 5.63. The van der Waals surface area contributed by atoms with Crippen molar-refractivity contribution in [2.24, 2.45) is 0 Å². The van der Waals surface area contributed by atoms with E-state index in [1.165, 1.54) is 39.3 Å². The minimum Gasteiger partial charge on any atom is -0.508 e. The minimum atomic E-state index is -3.74. The molecule has 0 atom stereocenters. The smallest absolute Gasteiger partial charge is 0.336 e. The van der Waals surface area contributed by atoms with Gasteiger partial charge >= 0.3 is 5.63 Å². The number of hydrogen-bond acceptors (Lipinski definition) is 6. The molecule has 1 aromatic carbocycles. The molecule has 3 rings (SSSR count). The molecule has 1 N–H and O–H groups in total. The maximum atomic E-state index is 12.8. The van der Waals surface area contributed by atoms with Crippen LogP contribution < -0.4 is 11.2 Å². The Hall–Kier alpha value is -2.91. The number of aromatic hydroxyl groups is 1. The van der Waals surface area contributed by atoms with E-state index in [1.807, 2.05) is 0 Å². The molecule has 9 heteroatoms. The van der Waals surface area contributed by atoms with Crippen LogP contribution in [0.15, 0.2) is 55.4 Å². The van der Waals surface area contributed by atoms with Crippen molar-refractivity contribution < 1.29 is 17.9 Å². The number of hydrogen-bond donors (Lipinski definition) is 1. The van der Waals surface area contributed by atoms with Crippen LogP contribution in [0.25, 0.3) is 11.0 Å². The molecule has 0 unspecified atom stereocenters. The van der Waals surface area contributed by atoms with Crippen LogP contribution in [0, 0.1) is 6.92 Å². The first-order valence-corrected chi connectivity index (χ1v) is 10.6. The van der Waals surface area contributed by atoms with Gasteiger partial charge < -0.3 is 14.1 Å². The number of aryl methyl sites for hydroxylation is 1. The van der Waals surface area contributed by atoms with E-state index in [4.69, 9.17) is 4.42 Å². The van der Waals surface area contributed by atoms with Gasteiger partial charge in [-0.3, -0.25) is 4.79 Å². The Morgan fingerprint density at radius 1 is 1.10 bits per heavy atom. The third kappa shape index (κ3) is 3.83. The average Bonchev–Trinajstić information content (AvgIpc) is 2.67. The lowest BCUT2D eigenvalue weighted by Gasteiger charge is -2.19.